The van der Waals surface area contributed by atoms with Crippen molar-refractivity contribution >= 4 is 19.8 Å². The van der Waals surface area contributed by atoms with Crippen LogP contribution < -0.4 is 0 Å². The Morgan fingerprint density at radius 3 is 1.05 bits per heavy atom. The summed E-state index contributed by atoms with van der Waals surface area (Å²) >= 11 is 0. The number of rotatable bonds is 46. The Balaban J connectivity index is 3.77. The lowest BCUT2D eigenvalue weighted by molar-refractivity contribution is -0.161. The van der Waals surface area contributed by atoms with Crippen molar-refractivity contribution < 1.29 is 37.9 Å². The van der Waals surface area contributed by atoms with Crippen LogP contribution >= 0.6 is 7.82 Å². The number of carbonyl (C=O) groups excluding carboxylic acids is 2. The molecule has 0 heterocycles. The predicted molar refractivity (Wildman–Crippen MR) is 239 cm³/mol. The van der Waals surface area contributed by atoms with Gasteiger partial charge in [0.25, 0.3) is 0 Å². The second-order valence-electron chi connectivity index (χ2n) is 17.6. The fraction of sp³-hybridized carbons (Fsp3) is 0.958. The molecule has 1 atom stereocenters. The molecule has 2 N–H and O–H groups in total. The molecule has 9 heteroatoms. The Morgan fingerprint density at radius 2 is 0.737 bits per heavy atom. The summed E-state index contributed by atoms with van der Waals surface area (Å²) in [7, 11) is -4.75. The van der Waals surface area contributed by atoms with Crippen LogP contribution in [0.25, 0.3) is 0 Å². The van der Waals surface area contributed by atoms with Gasteiger partial charge in [-0.25, -0.2) is 4.57 Å². The number of unbranched alkanes of at least 4 members (excludes halogenated alkanes) is 34. The third-order valence-corrected chi connectivity index (χ3v) is 11.8. The zero-order chi connectivity index (χ0) is 41.9. The van der Waals surface area contributed by atoms with Gasteiger partial charge in [0.2, 0.25) is 0 Å². The Hall–Kier alpha value is -0.950. The SMILES string of the molecule is CCCCCCCCCCCCCCCCCCCCC(=O)O[C@H](COC(=O)CCCCCCCCCCCCCCCCCCCCC(C)C)COP(=O)(O)O. The van der Waals surface area contributed by atoms with Crippen LogP contribution in [0.5, 0.6) is 0 Å². The Bertz CT molecular complexity index is 907. The number of hydrogen-bond donors (Lipinski definition) is 2. The van der Waals surface area contributed by atoms with Crippen molar-refractivity contribution in [1.29, 1.82) is 0 Å². The van der Waals surface area contributed by atoms with Crippen molar-refractivity contribution in [2.24, 2.45) is 5.92 Å². The maximum Gasteiger partial charge on any atom is 0.469 e. The second kappa shape index (κ2) is 43.1. The summed E-state index contributed by atoms with van der Waals surface area (Å²) < 4.78 is 26.5. The third kappa shape index (κ3) is 47.6. The van der Waals surface area contributed by atoms with Crippen LogP contribution in [-0.2, 0) is 28.2 Å². The standard InChI is InChI=1S/C48H95O8P/c1-4-5-6-7-8-9-10-11-12-13-17-21-24-27-30-33-36-39-42-48(50)56-46(44-55-57(51,52)53)43-54-47(49)41-38-35-32-29-26-23-20-18-15-14-16-19-22-25-28-31-34-37-40-45(2)3/h45-46H,4-44H2,1-3H3,(H2,51,52,53)/t46-/m1/s1. The van der Waals surface area contributed by atoms with E-state index in [0.29, 0.717) is 6.42 Å². The van der Waals surface area contributed by atoms with Crippen molar-refractivity contribution in [1.82, 2.24) is 0 Å². The maximum atomic E-state index is 12.5. The van der Waals surface area contributed by atoms with Crippen LogP contribution in [0.1, 0.15) is 271 Å². The van der Waals surface area contributed by atoms with Crippen molar-refractivity contribution in [2.75, 3.05) is 13.2 Å². The summed E-state index contributed by atoms with van der Waals surface area (Å²) in [5.41, 5.74) is 0. The number of hydrogen-bond acceptors (Lipinski definition) is 6. The number of phosphoric ester groups is 1. The number of esters is 2. The zero-order valence-electron chi connectivity index (χ0n) is 37.9. The largest absolute Gasteiger partial charge is 0.469 e. The van der Waals surface area contributed by atoms with E-state index < -0.39 is 32.5 Å². The molecule has 0 aromatic rings. The number of ether oxygens (including phenoxy) is 2. The Morgan fingerprint density at radius 1 is 0.439 bits per heavy atom. The first-order valence-electron chi connectivity index (χ1n) is 24.7. The highest BCUT2D eigenvalue weighted by molar-refractivity contribution is 7.46. The van der Waals surface area contributed by atoms with E-state index in [4.69, 9.17) is 19.3 Å². The molecule has 0 unspecified atom stereocenters. The van der Waals surface area contributed by atoms with Gasteiger partial charge in [0.05, 0.1) is 6.61 Å². The van der Waals surface area contributed by atoms with E-state index in [2.05, 4.69) is 25.3 Å². The number of phosphoric acid groups is 1. The number of carbonyl (C=O) groups is 2. The molecule has 340 valence electrons. The van der Waals surface area contributed by atoms with Gasteiger partial charge in [-0.1, -0.05) is 245 Å². The molecule has 0 aliphatic rings. The first-order valence-corrected chi connectivity index (χ1v) is 26.2. The highest BCUT2D eigenvalue weighted by atomic mass is 31.2. The molecule has 0 saturated carbocycles. The molecule has 0 fully saturated rings. The monoisotopic (exact) mass is 831 g/mol. The molecule has 0 aromatic carbocycles. The van der Waals surface area contributed by atoms with Gasteiger partial charge in [0, 0.05) is 12.8 Å². The summed E-state index contributed by atoms with van der Waals surface area (Å²) in [4.78, 5) is 43.0. The smallest absolute Gasteiger partial charge is 0.462 e. The normalized spacial score (nSPS) is 12.4. The molecule has 57 heavy (non-hydrogen) atoms. The molecular weight excluding hydrogens is 735 g/mol. The van der Waals surface area contributed by atoms with Crippen LogP contribution in [0.2, 0.25) is 0 Å². The minimum atomic E-state index is -4.75. The highest BCUT2D eigenvalue weighted by Gasteiger charge is 2.23. The molecule has 0 amide bonds. The molecule has 0 aromatic heterocycles. The molecule has 0 saturated heterocycles. The quantitative estimate of drug-likeness (QED) is 0.0354. The Labute approximate surface area is 353 Å². The van der Waals surface area contributed by atoms with Gasteiger partial charge in [-0.05, 0) is 18.8 Å². The minimum absolute atomic E-state index is 0.220. The summed E-state index contributed by atoms with van der Waals surface area (Å²) in [6.07, 6.45) is 46.9. The molecule has 0 bridgehead atoms. The molecule has 0 spiro atoms. The van der Waals surface area contributed by atoms with E-state index in [1.54, 1.807) is 0 Å². The van der Waals surface area contributed by atoms with Gasteiger partial charge in [0.1, 0.15) is 6.61 Å². The molecule has 0 aliphatic carbocycles. The minimum Gasteiger partial charge on any atom is -0.462 e. The van der Waals surface area contributed by atoms with E-state index in [-0.39, 0.29) is 19.4 Å². The van der Waals surface area contributed by atoms with E-state index >= 15 is 0 Å². The van der Waals surface area contributed by atoms with Crippen LogP contribution in [0.4, 0.5) is 0 Å². The summed E-state index contributed by atoms with van der Waals surface area (Å²) in [5, 5.41) is 0. The summed E-state index contributed by atoms with van der Waals surface area (Å²) in [6, 6.07) is 0. The molecule has 0 rings (SSSR count). The van der Waals surface area contributed by atoms with Crippen LogP contribution in [0.15, 0.2) is 0 Å². The van der Waals surface area contributed by atoms with Crippen LogP contribution in [-0.4, -0.2) is 41.0 Å². The lowest BCUT2D eigenvalue weighted by Gasteiger charge is -2.18. The van der Waals surface area contributed by atoms with Crippen LogP contribution in [0.3, 0.4) is 0 Å². The molecular formula is C48H95O8P. The van der Waals surface area contributed by atoms with E-state index in [9.17, 15) is 14.2 Å². The van der Waals surface area contributed by atoms with Crippen molar-refractivity contribution in [3.63, 3.8) is 0 Å². The second-order valence-corrected chi connectivity index (χ2v) is 18.9. The first-order chi connectivity index (χ1) is 27.6. The summed E-state index contributed by atoms with van der Waals surface area (Å²) in [5.74, 6) is -0.0120. The van der Waals surface area contributed by atoms with Gasteiger partial charge in [0.15, 0.2) is 6.10 Å². The van der Waals surface area contributed by atoms with Gasteiger partial charge < -0.3 is 19.3 Å². The van der Waals surface area contributed by atoms with Gasteiger partial charge >= 0.3 is 19.8 Å². The lowest BCUT2D eigenvalue weighted by Crippen LogP contribution is -2.29. The lowest BCUT2D eigenvalue weighted by atomic mass is 10.0. The molecule has 0 aliphatic heterocycles. The van der Waals surface area contributed by atoms with E-state index in [1.807, 2.05) is 0 Å². The average Bonchev–Trinajstić information content (AvgIpc) is 3.17. The maximum absolute atomic E-state index is 12.5. The van der Waals surface area contributed by atoms with Gasteiger partial charge in [-0.15, -0.1) is 0 Å². The predicted octanol–water partition coefficient (Wildman–Crippen LogP) is 15.4. The van der Waals surface area contributed by atoms with E-state index in [1.165, 1.54) is 199 Å². The first kappa shape index (κ1) is 56.0. The van der Waals surface area contributed by atoms with Crippen molar-refractivity contribution in [3.05, 3.63) is 0 Å². The average molecular weight is 831 g/mol. The highest BCUT2D eigenvalue weighted by Crippen LogP contribution is 2.36. The fourth-order valence-electron chi connectivity index (χ4n) is 7.62. The molecule has 0 radical (unpaired) electrons. The fourth-order valence-corrected chi connectivity index (χ4v) is 7.98. The topological polar surface area (TPSA) is 119 Å². The Kier molecular flexibility index (Phi) is 42.4. The third-order valence-electron chi connectivity index (χ3n) is 11.3. The summed E-state index contributed by atoms with van der Waals surface area (Å²) in [6.45, 7) is 6.10. The van der Waals surface area contributed by atoms with E-state index in [0.717, 1.165) is 38.0 Å². The van der Waals surface area contributed by atoms with Gasteiger partial charge in [-0.3, -0.25) is 14.1 Å². The zero-order valence-corrected chi connectivity index (χ0v) is 38.8. The van der Waals surface area contributed by atoms with Crippen molar-refractivity contribution in [2.45, 2.75) is 277 Å². The van der Waals surface area contributed by atoms with Gasteiger partial charge in [-0.2, -0.15) is 0 Å². The molecule has 8 nitrogen and oxygen atoms in total. The van der Waals surface area contributed by atoms with Crippen molar-refractivity contribution in [3.8, 4) is 0 Å². The van der Waals surface area contributed by atoms with Crippen LogP contribution in [0, 0.1) is 5.92 Å².